The fraction of sp³-hybridized carbons (Fsp3) is 0.632. The first kappa shape index (κ1) is 16.3. The average Bonchev–Trinajstić information content (AvgIpc) is 3.21. The summed E-state index contributed by atoms with van der Waals surface area (Å²) in [6.07, 6.45) is 5.70. The fourth-order valence-corrected chi connectivity index (χ4v) is 3.88. The molecular formula is C19H27NO3. The van der Waals surface area contributed by atoms with Gasteiger partial charge in [-0.15, -0.1) is 0 Å². The molecule has 1 amide bonds. The predicted octanol–water partition coefficient (Wildman–Crippen LogP) is 3.22. The number of hydrogen-bond donors (Lipinski definition) is 0. The fourth-order valence-electron chi connectivity index (χ4n) is 3.88. The molecule has 0 bridgehead atoms. The number of ether oxygens (including phenoxy) is 2. The summed E-state index contributed by atoms with van der Waals surface area (Å²) in [5, 5.41) is 0. The highest BCUT2D eigenvalue weighted by Crippen LogP contribution is 2.51. The molecule has 3 rings (SSSR count). The maximum Gasteiger partial charge on any atom is 0.226 e. The zero-order chi connectivity index (χ0) is 16.2. The van der Waals surface area contributed by atoms with E-state index in [9.17, 15) is 4.79 Å². The molecule has 2 saturated carbocycles. The maximum atomic E-state index is 13.0. The van der Waals surface area contributed by atoms with E-state index in [4.69, 9.17) is 9.47 Å². The van der Waals surface area contributed by atoms with Gasteiger partial charge in [0, 0.05) is 25.6 Å². The van der Waals surface area contributed by atoms with Gasteiger partial charge in [0.25, 0.3) is 0 Å². The van der Waals surface area contributed by atoms with Gasteiger partial charge in [0.1, 0.15) is 5.75 Å². The van der Waals surface area contributed by atoms with E-state index in [2.05, 4.69) is 11.0 Å². The molecule has 0 radical (unpaired) electrons. The lowest BCUT2D eigenvalue weighted by Crippen LogP contribution is -2.42. The van der Waals surface area contributed by atoms with E-state index in [0.717, 1.165) is 31.6 Å². The van der Waals surface area contributed by atoms with E-state index in [-0.39, 0.29) is 5.92 Å². The van der Waals surface area contributed by atoms with Gasteiger partial charge in [-0.05, 0) is 36.8 Å². The number of nitrogens with zero attached hydrogens (tertiary/aromatic N) is 1. The van der Waals surface area contributed by atoms with Crippen LogP contribution in [-0.4, -0.2) is 44.2 Å². The van der Waals surface area contributed by atoms with Crippen molar-refractivity contribution in [2.45, 2.75) is 44.1 Å². The normalized spacial score (nSPS) is 23.7. The van der Waals surface area contributed by atoms with Crippen LogP contribution in [0.1, 0.15) is 43.6 Å². The Morgan fingerprint density at radius 2 is 1.96 bits per heavy atom. The number of amides is 1. The van der Waals surface area contributed by atoms with Crippen molar-refractivity contribution in [2.24, 2.45) is 5.92 Å². The number of benzene rings is 1. The Bertz CT molecular complexity index is 539. The van der Waals surface area contributed by atoms with Crippen LogP contribution in [0.25, 0.3) is 0 Å². The van der Waals surface area contributed by atoms with Crippen molar-refractivity contribution in [3.05, 3.63) is 29.8 Å². The number of methoxy groups -OCH3 is 2. The Morgan fingerprint density at radius 1 is 1.22 bits per heavy atom. The minimum absolute atomic E-state index is 0.115. The van der Waals surface area contributed by atoms with Crippen LogP contribution in [-0.2, 0) is 9.53 Å². The zero-order valence-electron chi connectivity index (χ0n) is 14.2. The predicted molar refractivity (Wildman–Crippen MR) is 89.7 cm³/mol. The standard InChI is InChI=1S/C19H27NO3/c1-22-12-11-20(14-7-3-4-8-14)19(21)17-13-16(17)15-9-5-6-10-18(15)23-2/h5-6,9-10,14,16-17H,3-4,7-8,11-13H2,1-2H3/t16-,17+/m0/s1. The van der Waals surface area contributed by atoms with Gasteiger partial charge >= 0.3 is 0 Å². The summed E-state index contributed by atoms with van der Waals surface area (Å²) >= 11 is 0. The number of carbonyl (C=O) groups excluding carboxylic acids is 1. The molecule has 0 spiro atoms. The highest BCUT2D eigenvalue weighted by atomic mass is 16.5. The molecule has 1 aromatic carbocycles. The Balaban J connectivity index is 1.69. The molecule has 0 aromatic heterocycles. The quantitative estimate of drug-likeness (QED) is 0.775. The van der Waals surface area contributed by atoms with Crippen molar-refractivity contribution in [3.8, 4) is 5.75 Å². The van der Waals surface area contributed by atoms with Gasteiger partial charge < -0.3 is 14.4 Å². The molecule has 126 valence electrons. The Labute approximate surface area is 138 Å². The van der Waals surface area contributed by atoms with Gasteiger partial charge in [0.05, 0.1) is 13.7 Å². The molecule has 2 aliphatic carbocycles. The van der Waals surface area contributed by atoms with Gasteiger partial charge in [-0.1, -0.05) is 31.0 Å². The lowest BCUT2D eigenvalue weighted by atomic mass is 10.1. The van der Waals surface area contributed by atoms with E-state index in [1.165, 1.54) is 18.4 Å². The third kappa shape index (κ3) is 3.52. The van der Waals surface area contributed by atoms with Crippen LogP contribution >= 0.6 is 0 Å². The van der Waals surface area contributed by atoms with Crippen LogP contribution in [0.3, 0.4) is 0 Å². The van der Waals surface area contributed by atoms with Crippen LogP contribution in [0, 0.1) is 5.92 Å². The Hall–Kier alpha value is -1.55. The summed E-state index contributed by atoms with van der Waals surface area (Å²) in [5.41, 5.74) is 1.17. The second-order valence-electron chi connectivity index (χ2n) is 6.65. The molecule has 2 fully saturated rings. The zero-order valence-corrected chi connectivity index (χ0v) is 14.2. The maximum absolute atomic E-state index is 13.0. The van der Waals surface area contributed by atoms with Crippen molar-refractivity contribution < 1.29 is 14.3 Å². The van der Waals surface area contributed by atoms with E-state index < -0.39 is 0 Å². The summed E-state index contributed by atoms with van der Waals surface area (Å²) in [7, 11) is 3.40. The van der Waals surface area contributed by atoms with E-state index in [1.54, 1.807) is 14.2 Å². The summed E-state index contributed by atoms with van der Waals surface area (Å²) < 4.78 is 10.7. The lowest BCUT2D eigenvalue weighted by molar-refractivity contribution is -0.135. The molecular weight excluding hydrogens is 290 g/mol. The van der Waals surface area contributed by atoms with Crippen LogP contribution in [0.2, 0.25) is 0 Å². The summed E-state index contributed by atoms with van der Waals surface area (Å²) in [5.74, 6) is 1.64. The smallest absolute Gasteiger partial charge is 0.226 e. The summed E-state index contributed by atoms with van der Waals surface area (Å²) in [4.78, 5) is 15.1. The van der Waals surface area contributed by atoms with Crippen LogP contribution in [0.4, 0.5) is 0 Å². The molecule has 23 heavy (non-hydrogen) atoms. The molecule has 0 heterocycles. The summed E-state index contributed by atoms with van der Waals surface area (Å²) in [6.45, 7) is 1.34. The van der Waals surface area contributed by atoms with Gasteiger partial charge in [0.2, 0.25) is 5.91 Å². The van der Waals surface area contributed by atoms with Crippen molar-refractivity contribution in [1.29, 1.82) is 0 Å². The third-order valence-electron chi connectivity index (χ3n) is 5.23. The minimum Gasteiger partial charge on any atom is -0.496 e. The minimum atomic E-state index is 0.115. The van der Waals surface area contributed by atoms with Crippen LogP contribution in [0.15, 0.2) is 24.3 Å². The van der Waals surface area contributed by atoms with Gasteiger partial charge in [0.15, 0.2) is 0 Å². The molecule has 1 aromatic rings. The first-order chi connectivity index (χ1) is 11.3. The van der Waals surface area contributed by atoms with Crippen molar-refractivity contribution in [1.82, 2.24) is 4.90 Å². The topological polar surface area (TPSA) is 38.8 Å². The summed E-state index contributed by atoms with van der Waals surface area (Å²) in [6, 6.07) is 8.49. The molecule has 0 aliphatic heterocycles. The van der Waals surface area contributed by atoms with Crippen molar-refractivity contribution >= 4 is 5.91 Å². The largest absolute Gasteiger partial charge is 0.496 e. The molecule has 0 saturated heterocycles. The van der Waals surface area contributed by atoms with Gasteiger partial charge in [-0.25, -0.2) is 0 Å². The number of rotatable bonds is 7. The average molecular weight is 317 g/mol. The van der Waals surface area contributed by atoms with Crippen molar-refractivity contribution in [3.63, 3.8) is 0 Å². The molecule has 0 N–H and O–H groups in total. The molecule has 4 heteroatoms. The number of para-hydroxylation sites is 1. The van der Waals surface area contributed by atoms with Crippen LogP contribution < -0.4 is 4.74 Å². The number of carbonyl (C=O) groups is 1. The van der Waals surface area contributed by atoms with Gasteiger partial charge in [-0.2, -0.15) is 0 Å². The molecule has 2 aliphatic rings. The molecule has 4 nitrogen and oxygen atoms in total. The molecule has 0 unspecified atom stereocenters. The second kappa shape index (κ2) is 7.35. The van der Waals surface area contributed by atoms with Gasteiger partial charge in [-0.3, -0.25) is 4.79 Å². The van der Waals surface area contributed by atoms with E-state index >= 15 is 0 Å². The first-order valence-corrected chi connectivity index (χ1v) is 8.68. The monoisotopic (exact) mass is 317 g/mol. The van der Waals surface area contributed by atoms with E-state index in [1.807, 2.05) is 18.2 Å². The second-order valence-corrected chi connectivity index (χ2v) is 6.65. The Kier molecular flexibility index (Phi) is 5.21. The SMILES string of the molecule is COCCN(C(=O)[C@@H]1C[C@H]1c1ccccc1OC)C1CCCC1. The van der Waals surface area contributed by atoms with Crippen molar-refractivity contribution in [2.75, 3.05) is 27.4 Å². The highest BCUT2D eigenvalue weighted by molar-refractivity contribution is 5.83. The first-order valence-electron chi connectivity index (χ1n) is 8.68. The highest BCUT2D eigenvalue weighted by Gasteiger charge is 2.48. The number of hydrogen-bond acceptors (Lipinski definition) is 3. The van der Waals surface area contributed by atoms with Crippen LogP contribution in [0.5, 0.6) is 5.75 Å². The van der Waals surface area contributed by atoms with E-state index in [0.29, 0.717) is 24.5 Å². The third-order valence-corrected chi connectivity index (χ3v) is 5.23. The molecule has 2 atom stereocenters. The Morgan fingerprint density at radius 3 is 2.65 bits per heavy atom. The lowest BCUT2D eigenvalue weighted by Gasteiger charge is -2.29.